The fourth-order valence-corrected chi connectivity index (χ4v) is 5.49. The standard InChI is InChI=1S/C18H22N4O/c23-17(13-6-2-1-3-7-13)22-18(21-10-4-5-11-21)15-9-8-14(12-15)16(18)19-20-22/h1-3,6-7,14-16H,4-5,8-12H2/t14-,15+,16+,18-/m0/s1. The molecule has 1 aromatic carbocycles. The van der Waals surface area contributed by atoms with Crippen LogP contribution in [0.4, 0.5) is 0 Å². The maximum atomic E-state index is 13.2. The number of fused-ring (bicyclic) bond motifs is 5. The molecule has 2 aliphatic carbocycles. The molecule has 1 saturated heterocycles. The van der Waals surface area contributed by atoms with Crippen molar-refractivity contribution in [3.05, 3.63) is 35.9 Å². The zero-order valence-corrected chi connectivity index (χ0v) is 13.3. The monoisotopic (exact) mass is 310 g/mol. The molecule has 23 heavy (non-hydrogen) atoms. The quantitative estimate of drug-likeness (QED) is 0.842. The lowest BCUT2D eigenvalue weighted by molar-refractivity contribution is -0.0585. The van der Waals surface area contributed by atoms with E-state index in [2.05, 4.69) is 15.2 Å². The van der Waals surface area contributed by atoms with Crippen LogP contribution in [0, 0.1) is 11.8 Å². The van der Waals surface area contributed by atoms with Crippen molar-refractivity contribution in [2.24, 2.45) is 22.2 Å². The van der Waals surface area contributed by atoms with E-state index in [4.69, 9.17) is 0 Å². The number of benzene rings is 1. The number of carbonyl (C=O) groups is 1. The van der Waals surface area contributed by atoms with Crippen LogP contribution in [-0.4, -0.2) is 40.6 Å². The van der Waals surface area contributed by atoms with Crippen molar-refractivity contribution >= 4 is 5.91 Å². The molecule has 5 nitrogen and oxygen atoms in total. The topological polar surface area (TPSA) is 48.3 Å². The molecule has 4 aliphatic rings. The molecule has 2 bridgehead atoms. The molecule has 5 heteroatoms. The zero-order valence-electron chi connectivity index (χ0n) is 13.3. The summed E-state index contributed by atoms with van der Waals surface area (Å²) >= 11 is 0. The summed E-state index contributed by atoms with van der Waals surface area (Å²) in [4.78, 5) is 15.7. The van der Waals surface area contributed by atoms with Crippen molar-refractivity contribution in [1.29, 1.82) is 0 Å². The van der Waals surface area contributed by atoms with Gasteiger partial charge in [0.15, 0.2) is 0 Å². The maximum Gasteiger partial charge on any atom is 0.277 e. The van der Waals surface area contributed by atoms with Gasteiger partial charge in [-0.15, -0.1) is 0 Å². The Morgan fingerprint density at radius 2 is 1.91 bits per heavy atom. The Morgan fingerprint density at radius 1 is 1.13 bits per heavy atom. The predicted octanol–water partition coefficient (Wildman–Crippen LogP) is 3.10. The van der Waals surface area contributed by atoms with Gasteiger partial charge in [-0.3, -0.25) is 9.69 Å². The Kier molecular flexibility index (Phi) is 2.89. The number of hydrogen-bond donors (Lipinski definition) is 0. The molecular formula is C18H22N4O. The van der Waals surface area contributed by atoms with E-state index in [1.807, 2.05) is 30.3 Å². The fourth-order valence-electron chi connectivity index (χ4n) is 5.49. The van der Waals surface area contributed by atoms with Crippen LogP contribution in [0.3, 0.4) is 0 Å². The molecule has 0 radical (unpaired) electrons. The van der Waals surface area contributed by atoms with Crippen LogP contribution in [0.2, 0.25) is 0 Å². The molecule has 2 heterocycles. The summed E-state index contributed by atoms with van der Waals surface area (Å²) in [5.74, 6) is 1.15. The van der Waals surface area contributed by atoms with Crippen molar-refractivity contribution in [2.45, 2.75) is 43.8 Å². The third kappa shape index (κ3) is 1.69. The molecule has 1 aromatic rings. The number of rotatable bonds is 2. The SMILES string of the molecule is O=C(c1ccccc1)N1N=N[C@@H]2[C@H]3CC[C@H](C3)[C@@]21N1CCCC1. The van der Waals surface area contributed by atoms with Crippen LogP contribution >= 0.6 is 0 Å². The van der Waals surface area contributed by atoms with E-state index >= 15 is 0 Å². The lowest BCUT2D eigenvalue weighted by Gasteiger charge is -2.48. The highest BCUT2D eigenvalue weighted by molar-refractivity contribution is 5.94. The van der Waals surface area contributed by atoms with E-state index in [0.717, 1.165) is 13.1 Å². The molecule has 3 fully saturated rings. The molecule has 1 amide bonds. The van der Waals surface area contributed by atoms with Crippen molar-refractivity contribution in [1.82, 2.24) is 9.91 Å². The third-order valence-corrected chi connectivity index (χ3v) is 6.39. The molecule has 120 valence electrons. The van der Waals surface area contributed by atoms with Gasteiger partial charge in [-0.05, 0) is 50.2 Å². The second kappa shape index (κ2) is 4.87. The molecule has 0 spiro atoms. The highest BCUT2D eigenvalue weighted by atomic mass is 16.2. The molecule has 5 rings (SSSR count). The molecule has 0 N–H and O–H groups in total. The smallest absolute Gasteiger partial charge is 0.277 e. The van der Waals surface area contributed by atoms with Gasteiger partial charge in [0.05, 0.1) is 0 Å². The third-order valence-electron chi connectivity index (χ3n) is 6.39. The number of amides is 1. The molecule has 4 atom stereocenters. The van der Waals surface area contributed by atoms with Gasteiger partial charge in [0.25, 0.3) is 5.91 Å². The van der Waals surface area contributed by atoms with E-state index in [1.165, 1.54) is 32.1 Å². The fraction of sp³-hybridized carbons (Fsp3) is 0.611. The Bertz CT molecular complexity index is 654. The largest absolute Gasteiger partial charge is 0.277 e. The van der Waals surface area contributed by atoms with Crippen LogP contribution in [-0.2, 0) is 0 Å². The van der Waals surface area contributed by atoms with Gasteiger partial charge < -0.3 is 0 Å². The first-order chi connectivity index (χ1) is 11.3. The first kappa shape index (κ1) is 13.7. The molecule has 0 aromatic heterocycles. The maximum absolute atomic E-state index is 13.2. The highest BCUT2D eigenvalue weighted by Gasteiger charge is 2.68. The molecular weight excluding hydrogens is 288 g/mol. The number of hydrogen-bond acceptors (Lipinski definition) is 4. The minimum Gasteiger partial charge on any atom is -0.277 e. The first-order valence-electron chi connectivity index (χ1n) is 8.87. The zero-order chi connectivity index (χ0) is 15.4. The minimum atomic E-state index is -0.271. The normalized spacial score (nSPS) is 38.4. The van der Waals surface area contributed by atoms with E-state index < -0.39 is 0 Å². The Morgan fingerprint density at radius 3 is 2.70 bits per heavy atom. The molecule has 2 saturated carbocycles. The Balaban J connectivity index is 1.58. The van der Waals surface area contributed by atoms with Crippen LogP contribution in [0.5, 0.6) is 0 Å². The number of likely N-dealkylation sites (tertiary alicyclic amines) is 1. The van der Waals surface area contributed by atoms with Gasteiger partial charge in [0.2, 0.25) is 0 Å². The van der Waals surface area contributed by atoms with Crippen LogP contribution in [0.25, 0.3) is 0 Å². The van der Waals surface area contributed by atoms with E-state index in [9.17, 15) is 4.79 Å². The summed E-state index contributed by atoms with van der Waals surface area (Å²) in [5.41, 5.74) is 0.445. The van der Waals surface area contributed by atoms with Crippen molar-refractivity contribution < 1.29 is 4.79 Å². The first-order valence-corrected chi connectivity index (χ1v) is 8.87. The van der Waals surface area contributed by atoms with Gasteiger partial charge in [-0.25, -0.2) is 0 Å². The van der Waals surface area contributed by atoms with Gasteiger partial charge in [0, 0.05) is 24.6 Å². The average Bonchev–Trinajstić information content (AvgIpc) is 3.35. The van der Waals surface area contributed by atoms with Crippen molar-refractivity contribution in [2.75, 3.05) is 13.1 Å². The van der Waals surface area contributed by atoms with E-state index in [-0.39, 0.29) is 17.6 Å². The lowest BCUT2D eigenvalue weighted by Crippen LogP contribution is -2.66. The van der Waals surface area contributed by atoms with Gasteiger partial charge in [-0.2, -0.15) is 10.1 Å². The number of carbonyl (C=O) groups excluding carboxylic acids is 1. The molecule has 0 unspecified atom stereocenters. The van der Waals surface area contributed by atoms with Crippen LogP contribution < -0.4 is 0 Å². The Hall–Kier alpha value is -1.75. The number of nitrogens with zero attached hydrogens (tertiary/aromatic N) is 4. The van der Waals surface area contributed by atoms with Gasteiger partial charge >= 0.3 is 0 Å². The Labute approximate surface area is 136 Å². The summed E-state index contributed by atoms with van der Waals surface area (Å²) in [6, 6.07) is 9.74. The lowest BCUT2D eigenvalue weighted by atomic mass is 9.82. The van der Waals surface area contributed by atoms with Crippen LogP contribution in [0.15, 0.2) is 40.7 Å². The summed E-state index contributed by atoms with van der Waals surface area (Å²) in [6.45, 7) is 2.15. The van der Waals surface area contributed by atoms with E-state index in [0.29, 0.717) is 17.4 Å². The summed E-state index contributed by atoms with van der Waals surface area (Å²) in [5, 5.41) is 10.8. The van der Waals surface area contributed by atoms with Gasteiger partial charge in [0.1, 0.15) is 11.7 Å². The summed E-state index contributed by atoms with van der Waals surface area (Å²) in [6.07, 6.45) is 6.11. The second-order valence-corrected chi connectivity index (χ2v) is 7.38. The highest BCUT2D eigenvalue weighted by Crippen LogP contribution is 2.59. The summed E-state index contributed by atoms with van der Waals surface area (Å²) in [7, 11) is 0. The van der Waals surface area contributed by atoms with Crippen LogP contribution in [0.1, 0.15) is 42.5 Å². The predicted molar refractivity (Wildman–Crippen MR) is 85.6 cm³/mol. The van der Waals surface area contributed by atoms with E-state index in [1.54, 1.807) is 5.01 Å². The van der Waals surface area contributed by atoms with Crippen molar-refractivity contribution in [3.8, 4) is 0 Å². The summed E-state index contributed by atoms with van der Waals surface area (Å²) < 4.78 is 0. The van der Waals surface area contributed by atoms with Crippen molar-refractivity contribution in [3.63, 3.8) is 0 Å². The minimum absolute atomic E-state index is 0.0105. The second-order valence-electron chi connectivity index (χ2n) is 7.38. The molecule has 2 aliphatic heterocycles. The average molecular weight is 310 g/mol. The van der Waals surface area contributed by atoms with Gasteiger partial charge in [-0.1, -0.05) is 23.4 Å².